The molecule has 2 atom stereocenters. The molecule has 2 rings (SSSR count). The van der Waals surface area contributed by atoms with Gasteiger partial charge in [0.15, 0.2) is 0 Å². The molecule has 1 aliphatic heterocycles. The molecule has 0 radical (unpaired) electrons. The van der Waals surface area contributed by atoms with E-state index in [1.165, 1.54) is 12.1 Å². The predicted molar refractivity (Wildman–Crippen MR) is 59.7 cm³/mol. The quantitative estimate of drug-likeness (QED) is 0.882. The van der Waals surface area contributed by atoms with Gasteiger partial charge in [-0.2, -0.15) is 0 Å². The normalized spacial score (nSPS) is 26.1. The predicted octanol–water partition coefficient (Wildman–Crippen LogP) is 2.44. The first-order chi connectivity index (χ1) is 7.99. The van der Waals surface area contributed by atoms with Crippen LogP contribution in [0.4, 0.5) is 8.78 Å². The van der Waals surface area contributed by atoms with Crippen molar-refractivity contribution in [1.29, 1.82) is 0 Å². The van der Waals surface area contributed by atoms with Crippen LogP contribution in [0.5, 0.6) is 0 Å². The van der Waals surface area contributed by atoms with E-state index in [4.69, 9.17) is 4.74 Å². The first-order valence-corrected chi connectivity index (χ1v) is 5.77. The molecular formula is C13H16F2O2. The summed E-state index contributed by atoms with van der Waals surface area (Å²) >= 11 is 0. The second kappa shape index (κ2) is 4.70. The van der Waals surface area contributed by atoms with Crippen molar-refractivity contribution in [3.8, 4) is 0 Å². The Labute approximate surface area is 99.2 Å². The van der Waals surface area contributed by atoms with Crippen molar-refractivity contribution in [3.05, 3.63) is 35.4 Å². The fourth-order valence-corrected chi connectivity index (χ4v) is 2.23. The Bertz CT molecular complexity index is 380. The summed E-state index contributed by atoms with van der Waals surface area (Å²) in [7, 11) is 0. The zero-order valence-corrected chi connectivity index (χ0v) is 9.75. The van der Waals surface area contributed by atoms with E-state index in [0.717, 1.165) is 18.9 Å². The lowest BCUT2D eigenvalue weighted by Gasteiger charge is -2.29. The van der Waals surface area contributed by atoms with Gasteiger partial charge in [-0.25, -0.2) is 8.78 Å². The lowest BCUT2D eigenvalue weighted by atomic mass is 9.91. The summed E-state index contributed by atoms with van der Waals surface area (Å²) in [6, 6.07) is 3.30. The van der Waals surface area contributed by atoms with Crippen molar-refractivity contribution in [1.82, 2.24) is 0 Å². The maximum Gasteiger partial charge on any atom is 0.126 e. The largest absolute Gasteiger partial charge is 0.390 e. The minimum Gasteiger partial charge on any atom is -0.390 e. The average molecular weight is 242 g/mol. The van der Waals surface area contributed by atoms with Crippen LogP contribution in [0, 0.1) is 11.6 Å². The summed E-state index contributed by atoms with van der Waals surface area (Å²) in [5.41, 5.74) is -0.144. The SMILES string of the molecule is CC1(C(O)Cc2cc(F)cc(F)c2)CCCO1. The lowest BCUT2D eigenvalue weighted by Crippen LogP contribution is -2.40. The van der Waals surface area contributed by atoms with Crippen LogP contribution in [0.1, 0.15) is 25.3 Å². The molecule has 0 aliphatic carbocycles. The van der Waals surface area contributed by atoms with Gasteiger partial charge in [-0.1, -0.05) is 0 Å². The third-order valence-corrected chi connectivity index (χ3v) is 3.31. The number of aliphatic hydroxyl groups is 1. The Kier molecular flexibility index (Phi) is 3.45. The van der Waals surface area contributed by atoms with Gasteiger partial charge in [-0.05, 0) is 37.5 Å². The molecule has 0 spiro atoms. The van der Waals surface area contributed by atoms with Gasteiger partial charge in [0.1, 0.15) is 11.6 Å². The Morgan fingerprint density at radius 2 is 2.00 bits per heavy atom. The molecule has 2 unspecified atom stereocenters. The maximum atomic E-state index is 13.0. The summed E-state index contributed by atoms with van der Waals surface area (Å²) < 4.78 is 31.5. The zero-order valence-electron chi connectivity index (χ0n) is 9.75. The highest BCUT2D eigenvalue weighted by atomic mass is 19.1. The van der Waals surface area contributed by atoms with Crippen LogP contribution in [-0.4, -0.2) is 23.4 Å². The van der Waals surface area contributed by atoms with Crippen molar-refractivity contribution >= 4 is 0 Å². The van der Waals surface area contributed by atoms with Gasteiger partial charge in [0.05, 0.1) is 11.7 Å². The number of benzene rings is 1. The standard InChI is InChI=1S/C13H16F2O2/c1-13(3-2-4-17-13)12(16)7-9-5-10(14)8-11(15)6-9/h5-6,8,12,16H,2-4,7H2,1H3. The molecule has 2 nitrogen and oxygen atoms in total. The van der Waals surface area contributed by atoms with Gasteiger partial charge in [0.2, 0.25) is 0 Å². The minimum atomic E-state index is -0.744. The van der Waals surface area contributed by atoms with Crippen LogP contribution in [0.3, 0.4) is 0 Å². The highest BCUT2D eigenvalue weighted by molar-refractivity contribution is 5.19. The van der Waals surface area contributed by atoms with Gasteiger partial charge >= 0.3 is 0 Å². The number of halogens is 2. The summed E-state index contributed by atoms with van der Waals surface area (Å²) in [6.45, 7) is 2.46. The van der Waals surface area contributed by atoms with E-state index < -0.39 is 23.3 Å². The minimum absolute atomic E-state index is 0.200. The lowest BCUT2D eigenvalue weighted by molar-refractivity contribution is -0.0768. The molecule has 1 aromatic carbocycles. The molecule has 0 amide bonds. The molecule has 1 aromatic rings. The van der Waals surface area contributed by atoms with Gasteiger partial charge in [-0.3, -0.25) is 0 Å². The van der Waals surface area contributed by atoms with Crippen LogP contribution in [-0.2, 0) is 11.2 Å². The van der Waals surface area contributed by atoms with E-state index in [2.05, 4.69) is 0 Å². The molecule has 1 aliphatic rings. The molecule has 0 saturated carbocycles. The van der Waals surface area contributed by atoms with Crippen molar-refractivity contribution in [2.24, 2.45) is 0 Å². The Balaban J connectivity index is 2.09. The van der Waals surface area contributed by atoms with Crippen LogP contribution >= 0.6 is 0 Å². The zero-order chi connectivity index (χ0) is 12.5. The second-order valence-electron chi connectivity index (χ2n) is 4.76. The first-order valence-electron chi connectivity index (χ1n) is 5.77. The summed E-state index contributed by atoms with van der Waals surface area (Å²) in [5.74, 6) is -1.24. The summed E-state index contributed by atoms with van der Waals surface area (Å²) in [5, 5.41) is 10.1. The number of hydrogen-bond acceptors (Lipinski definition) is 2. The molecule has 4 heteroatoms. The topological polar surface area (TPSA) is 29.5 Å². The second-order valence-corrected chi connectivity index (χ2v) is 4.76. The fourth-order valence-electron chi connectivity index (χ4n) is 2.23. The monoisotopic (exact) mass is 242 g/mol. The van der Waals surface area contributed by atoms with Gasteiger partial charge in [0.25, 0.3) is 0 Å². The van der Waals surface area contributed by atoms with Gasteiger partial charge < -0.3 is 9.84 Å². The molecule has 17 heavy (non-hydrogen) atoms. The molecule has 1 heterocycles. The molecule has 94 valence electrons. The van der Waals surface area contributed by atoms with E-state index >= 15 is 0 Å². The van der Waals surface area contributed by atoms with Crippen LogP contribution in [0.15, 0.2) is 18.2 Å². The van der Waals surface area contributed by atoms with Crippen molar-refractivity contribution < 1.29 is 18.6 Å². The Morgan fingerprint density at radius 1 is 1.35 bits per heavy atom. The number of rotatable bonds is 3. The molecule has 0 aromatic heterocycles. The third-order valence-electron chi connectivity index (χ3n) is 3.31. The number of ether oxygens (including phenoxy) is 1. The van der Waals surface area contributed by atoms with Crippen molar-refractivity contribution in [2.75, 3.05) is 6.61 Å². The molecule has 1 saturated heterocycles. The Morgan fingerprint density at radius 3 is 2.53 bits per heavy atom. The van der Waals surface area contributed by atoms with Crippen LogP contribution < -0.4 is 0 Å². The third kappa shape index (κ3) is 2.82. The van der Waals surface area contributed by atoms with E-state index in [-0.39, 0.29) is 6.42 Å². The maximum absolute atomic E-state index is 13.0. The van der Waals surface area contributed by atoms with Crippen molar-refractivity contribution in [3.63, 3.8) is 0 Å². The van der Waals surface area contributed by atoms with E-state index in [9.17, 15) is 13.9 Å². The van der Waals surface area contributed by atoms with Crippen LogP contribution in [0.2, 0.25) is 0 Å². The molecular weight excluding hydrogens is 226 g/mol. The highest BCUT2D eigenvalue weighted by Gasteiger charge is 2.37. The van der Waals surface area contributed by atoms with Crippen molar-refractivity contribution in [2.45, 2.75) is 37.9 Å². The highest BCUT2D eigenvalue weighted by Crippen LogP contribution is 2.30. The van der Waals surface area contributed by atoms with E-state index in [0.29, 0.717) is 12.2 Å². The van der Waals surface area contributed by atoms with E-state index in [1.54, 1.807) is 0 Å². The summed E-state index contributed by atoms with van der Waals surface area (Å²) in [6.07, 6.45) is 1.13. The molecule has 0 bridgehead atoms. The van der Waals surface area contributed by atoms with Gasteiger partial charge in [0, 0.05) is 19.1 Å². The first kappa shape index (κ1) is 12.5. The van der Waals surface area contributed by atoms with Crippen LogP contribution in [0.25, 0.3) is 0 Å². The average Bonchev–Trinajstić information content (AvgIpc) is 2.64. The Hall–Kier alpha value is -1.00. The molecule has 1 fully saturated rings. The number of aliphatic hydroxyl groups excluding tert-OH is 1. The van der Waals surface area contributed by atoms with Gasteiger partial charge in [-0.15, -0.1) is 0 Å². The smallest absolute Gasteiger partial charge is 0.126 e. The molecule has 1 N–H and O–H groups in total. The summed E-state index contributed by atoms with van der Waals surface area (Å²) in [4.78, 5) is 0. The van der Waals surface area contributed by atoms with E-state index in [1.807, 2.05) is 6.92 Å². The fraction of sp³-hybridized carbons (Fsp3) is 0.538. The number of hydrogen-bond donors (Lipinski definition) is 1.